The summed E-state index contributed by atoms with van der Waals surface area (Å²) in [5.74, 6) is -0.347. The predicted octanol–water partition coefficient (Wildman–Crippen LogP) is 3.05. The van der Waals surface area contributed by atoms with Crippen LogP contribution >= 0.6 is 0 Å². The van der Waals surface area contributed by atoms with Crippen molar-refractivity contribution in [3.05, 3.63) is 23.8 Å². The minimum Gasteiger partial charge on any atom is -0.347 e. The molecule has 1 spiro atoms. The van der Waals surface area contributed by atoms with E-state index in [-0.39, 0.29) is 11.2 Å². The van der Waals surface area contributed by atoms with Gasteiger partial charge in [-0.2, -0.15) is 0 Å². The summed E-state index contributed by atoms with van der Waals surface area (Å²) in [5.41, 5.74) is 2.81. The van der Waals surface area contributed by atoms with Gasteiger partial charge in [-0.15, -0.1) is 0 Å². The van der Waals surface area contributed by atoms with Crippen molar-refractivity contribution < 1.29 is 9.47 Å². The molecule has 0 N–H and O–H groups in total. The zero-order valence-corrected chi connectivity index (χ0v) is 9.93. The van der Waals surface area contributed by atoms with E-state index < -0.39 is 0 Å². The van der Waals surface area contributed by atoms with Gasteiger partial charge in [0.25, 0.3) is 0 Å². The van der Waals surface area contributed by atoms with Crippen LogP contribution in [0, 0.1) is 5.41 Å². The molecule has 0 aromatic rings. The molecule has 1 heterocycles. The minimum atomic E-state index is -0.347. The van der Waals surface area contributed by atoms with E-state index in [1.165, 1.54) is 11.1 Å². The van der Waals surface area contributed by atoms with Gasteiger partial charge >= 0.3 is 0 Å². The average Bonchev–Trinajstić information content (AvgIpc) is 2.50. The van der Waals surface area contributed by atoms with Gasteiger partial charge in [-0.25, -0.2) is 0 Å². The molecule has 0 aromatic heterocycles. The Hall–Kier alpha value is -0.600. The van der Waals surface area contributed by atoms with Crippen molar-refractivity contribution in [2.24, 2.45) is 5.41 Å². The normalized spacial score (nSPS) is 28.5. The first-order chi connectivity index (χ1) is 6.99. The summed E-state index contributed by atoms with van der Waals surface area (Å²) in [6.45, 7) is 12.0. The Labute approximate surface area is 92.0 Å². The number of hydrogen-bond acceptors (Lipinski definition) is 2. The quantitative estimate of drug-likeness (QED) is 0.659. The van der Waals surface area contributed by atoms with Crippen molar-refractivity contribution in [1.82, 2.24) is 0 Å². The summed E-state index contributed by atoms with van der Waals surface area (Å²) in [5, 5.41) is 0. The molecular formula is C13H20O2. The van der Waals surface area contributed by atoms with Crippen LogP contribution in [0.3, 0.4) is 0 Å². The Morgan fingerprint density at radius 2 is 1.87 bits per heavy atom. The third-order valence-corrected chi connectivity index (χ3v) is 3.45. The van der Waals surface area contributed by atoms with Gasteiger partial charge in [0.2, 0.25) is 0 Å². The fourth-order valence-electron chi connectivity index (χ4n) is 3.06. The second kappa shape index (κ2) is 3.46. The maximum absolute atomic E-state index is 5.79. The van der Waals surface area contributed by atoms with Crippen molar-refractivity contribution in [3.63, 3.8) is 0 Å². The van der Waals surface area contributed by atoms with Gasteiger partial charge in [0.05, 0.1) is 13.2 Å². The highest BCUT2D eigenvalue weighted by atomic mass is 16.7. The Bertz CT molecular complexity index is 306. The Morgan fingerprint density at radius 3 is 2.33 bits per heavy atom. The van der Waals surface area contributed by atoms with Crippen LogP contribution in [0.1, 0.15) is 33.6 Å². The van der Waals surface area contributed by atoms with Crippen LogP contribution in [0.2, 0.25) is 0 Å². The van der Waals surface area contributed by atoms with Crippen molar-refractivity contribution in [2.75, 3.05) is 13.2 Å². The third-order valence-electron chi connectivity index (χ3n) is 3.45. The first-order valence-corrected chi connectivity index (χ1v) is 5.60. The van der Waals surface area contributed by atoms with Crippen LogP contribution in [0.15, 0.2) is 23.8 Å². The first kappa shape index (κ1) is 10.9. The molecule has 0 radical (unpaired) electrons. The lowest BCUT2D eigenvalue weighted by Crippen LogP contribution is -2.40. The number of hydrogen-bond donors (Lipinski definition) is 0. The second-order valence-electron chi connectivity index (χ2n) is 5.24. The lowest BCUT2D eigenvalue weighted by molar-refractivity contribution is -0.178. The summed E-state index contributed by atoms with van der Waals surface area (Å²) in [7, 11) is 0. The molecular weight excluding hydrogens is 188 g/mol. The molecule has 2 heteroatoms. The number of ether oxygens (including phenoxy) is 2. The standard InChI is InChI=1S/C13H20O2/c1-5-11-10(2)8-13(9-12(11,3)4)14-6-7-15-13/h5H,1,6-9H2,2-4H3. The summed E-state index contributed by atoms with van der Waals surface area (Å²) < 4.78 is 11.6. The molecule has 1 saturated heterocycles. The molecule has 84 valence electrons. The van der Waals surface area contributed by atoms with Crippen LogP contribution in [-0.4, -0.2) is 19.0 Å². The smallest absolute Gasteiger partial charge is 0.173 e. The van der Waals surface area contributed by atoms with Crippen molar-refractivity contribution >= 4 is 0 Å². The average molecular weight is 208 g/mol. The Morgan fingerprint density at radius 1 is 1.27 bits per heavy atom. The zero-order chi connectivity index (χ0) is 11.1. The molecule has 2 nitrogen and oxygen atoms in total. The molecule has 0 bridgehead atoms. The van der Waals surface area contributed by atoms with Crippen LogP contribution < -0.4 is 0 Å². The number of allylic oxidation sites excluding steroid dienone is 2. The van der Waals surface area contributed by atoms with Crippen molar-refractivity contribution in [1.29, 1.82) is 0 Å². The van der Waals surface area contributed by atoms with E-state index in [0.29, 0.717) is 0 Å². The van der Waals surface area contributed by atoms with E-state index in [2.05, 4.69) is 27.4 Å². The lowest BCUT2D eigenvalue weighted by Gasteiger charge is -2.42. The summed E-state index contributed by atoms with van der Waals surface area (Å²) in [6.07, 6.45) is 3.80. The van der Waals surface area contributed by atoms with Crippen LogP contribution in [0.4, 0.5) is 0 Å². The SMILES string of the molecule is C=CC1=C(C)CC2(CC1(C)C)OCCO2. The molecule has 1 fully saturated rings. The molecule has 15 heavy (non-hydrogen) atoms. The van der Waals surface area contributed by atoms with E-state index in [0.717, 1.165) is 26.1 Å². The molecule has 2 rings (SSSR count). The van der Waals surface area contributed by atoms with E-state index in [1.54, 1.807) is 0 Å². The first-order valence-electron chi connectivity index (χ1n) is 5.60. The molecule has 0 atom stereocenters. The van der Waals surface area contributed by atoms with E-state index in [9.17, 15) is 0 Å². The van der Waals surface area contributed by atoms with Crippen molar-refractivity contribution in [2.45, 2.75) is 39.4 Å². The van der Waals surface area contributed by atoms with E-state index in [4.69, 9.17) is 9.47 Å². The fraction of sp³-hybridized carbons (Fsp3) is 0.692. The van der Waals surface area contributed by atoms with Gasteiger partial charge in [0, 0.05) is 12.8 Å². The summed E-state index contributed by atoms with van der Waals surface area (Å²) in [4.78, 5) is 0. The molecule has 0 unspecified atom stereocenters. The molecule has 1 aliphatic carbocycles. The maximum Gasteiger partial charge on any atom is 0.173 e. The van der Waals surface area contributed by atoms with Crippen molar-refractivity contribution in [3.8, 4) is 0 Å². The second-order valence-corrected chi connectivity index (χ2v) is 5.24. The van der Waals surface area contributed by atoms with Gasteiger partial charge in [0.15, 0.2) is 5.79 Å². The molecule has 2 aliphatic rings. The minimum absolute atomic E-state index is 0.106. The summed E-state index contributed by atoms with van der Waals surface area (Å²) in [6, 6.07) is 0. The topological polar surface area (TPSA) is 18.5 Å². The van der Waals surface area contributed by atoms with E-state index in [1.807, 2.05) is 6.08 Å². The third kappa shape index (κ3) is 1.77. The van der Waals surface area contributed by atoms with Gasteiger partial charge in [-0.05, 0) is 17.9 Å². The fourth-order valence-corrected chi connectivity index (χ4v) is 3.06. The lowest BCUT2D eigenvalue weighted by atomic mass is 9.70. The maximum atomic E-state index is 5.79. The Balaban J connectivity index is 2.35. The number of rotatable bonds is 1. The van der Waals surface area contributed by atoms with Gasteiger partial charge in [0.1, 0.15) is 0 Å². The largest absolute Gasteiger partial charge is 0.347 e. The monoisotopic (exact) mass is 208 g/mol. The van der Waals surface area contributed by atoms with Crippen LogP contribution in [0.5, 0.6) is 0 Å². The highest BCUT2D eigenvalue weighted by Gasteiger charge is 2.46. The summed E-state index contributed by atoms with van der Waals surface area (Å²) >= 11 is 0. The highest BCUT2D eigenvalue weighted by molar-refractivity contribution is 5.33. The van der Waals surface area contributed by atoms with Gasteiger partial charge in [-0.3, -0.25) is 0 Å². The predicted molar refractivity (Wildman–Crippen MR) is 60.5 cm³/mol. The Kier molecular flexibility index (Phi) is 2.52. The highest BCUT2D eigenvalue weighted by Crippen LogP contribution is 2.48. The molecule has 0 amide bonds. The molecule has 1 aliphatic heterocycles. The van der Waals surface area contributed by atoms with Gasteiger partial charge < -0.3 is 9.47 Å². The molecule has 0 aromatic carbocycles. The van der Waals surface area contributed by atoms with Crippen LogP contribution in [0.25, 0.3) is 0 Å². The zero-order valence-electron chi connectivity index (χ0n) is 9.93. The molecule has 0 saturated carbocycles. The van der Waals surface area contributed by atoms with Crippen LogP contribution in [-0.2, 0) is 9.47 Å². The van der Waals surface area contributed by atoms with E-state index >= 15 is 0 Å². The van der Waals surface area contributed by atoms with Gasteiger partial charge in [-0.1, -0.05) is 32.1 Å².